The molecule has 0 aliphatic rings. The Balaban J connectivity index is 1.73. The van der Waals surface area contributed by atoms with Crippen molar-refractivity contribution in [2.45, 2.75) is 6.18 Å². The minimum atomic E-state index is -4.46. The normalized spacial score (nSPS) is 11.1. The molecule has 27 heavy (non-hydrogen) atoms. The highest BCUT2D eigenvalue weighted by Crippen LogP contribution is 2.29. The average molecular weight is 439 g/mol. The molecule has 0 bridgehead atoms. The molecule has 0 spiro atoms. The predicted octanol–water partition coefficient (Wildman–Crippen LogP) is 4.04. The van der Waals surface area contributed by atoms with Gasteiger partial charge >= 0.3 is 6.18 Å². The molecule has 3 rings (SSSR count). The number of carbonyl (C=O) groups is 1. The van der Waals surface area contributed by atoms with Crippen LogP contribution in [0.15, 0.2) is 53.8 Å². The Labute approximate surface area is 159 Å². The van der Waals surface area contributed by atoms with E-state index in [1.807, 2.05) is 0 Å². The fraction of sp³-hybridized carbons (Fsp3) is 0.0625. The molecule has 3 heterocycles. The van der Waals surface area contributed by atoms with Gasteiger partial charge in [-0.25, -0.2) is 19.9 Å². The second kappa shape index (κ2) is 7.66. The van der Waals surface area contributed by atoms with Crippen molar-refractivity contribution in [3.8, 4) is 0 Å². The van der Waals surface area contributed by atoms with Gasteiger partial charge in [0.25, 0.3) is 5.91 Å². The lowest BCUT2D eigenvalue weighted by molar-refractivity contribution is -0.137. The summed E-state index contributed by atoms with van der Waals surface area (Å²) in [5, 5.41) is 5.38. The molecule has 2 N–H and O–H groups in total. The number of hydrogen-bond acceptors (Lipinski definition) is 6. The highest BCUT2D eigenvalue weighted by molar-refractivity contribution is 9.10. The highest BCUT2D eigenvalue weighted by Gasteiger charge is 2.30. The topological polar surface area (TPSA) is 92.7 Å². The summed E-state index contributed by atoms with van der Waals surface area (Å²) in [7, 11) is 0. The van der Waals surface area contributed by atoms with E-state index in [1.54, 1.807) is 0 Å². The zero-order chi connectivity index (χ0) is 19.4. The molecule has 138 valence electrons. The molecule has 0 saturated carbocycles. The Bertz CT molecular complexity index is 965. The minimum Gasteiger partial charge on any atom is -0.325 e. The third kappa shape index (κ3) is 4.76. The number of pyridine rings is 2. The fourth-order valence-corrected chi connectivity index (χ4v) is 2.29. The second-order valence-electron chi connectivity index (χ2n) is 5.17. The van der Waals surface area contributed by atoms with Gasteiger partial charge in [-0.2, -0.15) is 13.2 Å². The van der Waals surface area contributed by atoms with Gasteiger partial charge in [0.2, 0.25) is 0 Å². The summed E-state index contributed by atoms with van der Waals surface area (Å²) in [5.74, 6) is -0.0260. The van der Waals surface area contributed by atoms with Crippen LogP contribution >= 0.6 is 15.9 Å². The average Bonchev–Trinajstić information content (AvgIpc) is 2.63. The molecule has 1 amide bonds. The third-order valence-electron chi connectivity index (χ3n) is 3.28. The first kappa shape index (κ1) is 18.7. The minimum absolute atomic E-state index is 0.160. The number of hydrogen-bond donors (Lipinski definition) is 2. The van der Waals surface area contributed by atoms with Crippen LogP contribution in [-0.2, 0) is 6.18 Å². The van der Waals surface area contributed by atoms with Crippen molar-refractivity contribution in [2.75, 3.05) is 10.6 Å². The number of rotatable bonds is 4. The molecule has 0 radical (unpaired) electrons. The molecule has 0 saturated heterocycles. The molecule has 0 aliphatic heterocycles. The van der Waals surface area contributed by atoms with Gasteiger partial charge in [-0.15, -0.1) is 0 Å². The van der Waals surface area contributed by atoms with Crippen molar-refractivity contribution in [3.05, 3.63) is 64.9 Å². The van der Waals surface area contributed by atoms with E-state index in [9.17, 15) is 18.0 Å². The van der Waals surface area contributed by atoms with Gasteiger partial charge in [0.1, 0.15) is 22.6 Å². The summed E-state index contributed by atoms with van der Waals surface area (Å²) in [6, 6.07) is 5.00. The Morgan fingerprint density at radius 1 is 1.04 bits per heavy atom. The lowest BCUT2D eigenvalue weighted by Gasteiger charge is -2.09. The van der Waals surface area contributed by atoms with E-state index in [2.05, 4.69) is 46.5 Å². The van der Waals surface area contributed by atoms with E-state index < -0.39 is 17.6 Å². The van der Waals surface area contributed by atoms with Crippen LogP contribution in [0.2, 0.25) is 0 Å². The molecule has 0 atom stereocenters. The SMILES string of the molecule is O=C(Nc1cncnc1Br)c1ccnc(Nc2ccc(C(F)(F)F)cn2)c1. The van der Waals surface area contributed by atoms with Gasteiger partial charge in [0.15, 0.2) is 0 Å². The third-order valence-corrected chi connectivity index (χ3v) is 3.91. The predicted molar refractivity (Wildman–Crippen MR) is 94.4 cm³/mol. The molecular formula is C16H10BrF3N6O. The van der Waals surface area contributed by atoms with Crippen LogP contribution in [0.25, 0.3) is 0 Å². The van der Waals surface area contributed by atoms with Crippen LogP contribution < -0.4 is 10.6 Å². The fourth-order valence-electron chi connectivity index (χ4n) is 2.00. The lowest BCUT2D eigenvalue weighted by atomic mass is 10.2. The van der Waals surface area contributed by atoms with Crippen LogP contribution in [0.1, 0.15) is 15.9 Å². The molecule has 3 aromatic rings. The molecule has 0 aromatic carbocycles. The number of anilines is 3. The van der Waals surface area contributed by atoms with Gasteiger partial charge in [-0.3, -0.25) is 4.79 Å². The number of halogens is 4. The van der Waals surface area contributed by atoms with E-state index in [4.69, 9.17) is 0 Å². The highest BCUT2D eigenvalue weighted by atomic mass is 79.9. The number of nitrogens with zero attached hydrogens (tertiary/aromatic N) is 4. The molecule has 3 aromatic heterocycles. The Hall–Kier alpha value is -3.08. The van der Waals surface area contributed by atoms with Crippen molar-refractivity contribution in [1.82, 2.24) is 19.9 Å². The van der Waals surface area contributed by atoms with Crippen molar-refractivity contribution in [1.29, 1.82) is 0 Å². The summed E-state index contributed by atoms with van der Waals surface area (Å²) in [6.45, 7) is 0. The Morgan fingerprint density at radius 2 is 1.85 bits per heavy atom. The summed E-state index contributed by atoms with van der Waals surface area (Å²) < 4.78 is 38.1. The zero-order valence-corrected chi connectivity index (χ0v) is 14.9. The lowest BCUT2D eigenvalue weighted by Crippen LogP contribution is -2.13. The largest absolute Gasteiger partial charge is 0.417 e. The summed E-state index contributed by atoms with van der Waals surface area (Å²) in [6.07, 6.45) is 0.396. The molecular weight excluding hydrogens is 429 g/mol. The first-order valence-corrected chi connectivity index (χ1v) is 8.15. The van der Waals surface area contributed by atoms with Gasteiger partial charge in [0, 0.05) is 18.0 Å². The van der Waals surface area contributed by atoms with Crippen LogP contribution in [0.3, 0.4) is 0 Å². The summed E-state index contributed by atoms with van der Waals surface area (Å²) in [5.41, 5.74) is -0.196. The first-order valence-electron chi connectivity index (χ1n) is 7.36. The smallest absolute Gasteiger partial charge is 0.325 e. The van der Waals surface area contributed by atoms with E-state index in [0.29, 0.717) is 16.5 Å². The standard InChI is InChI=1S/C16H10BrF3N6O/c17-14-11(7-21-8-24-14)25-15(27)9-3-4-22-13(5-9)26-12-2-1-10(6-23-12)16(18,19)20/h1-8H,(H,25,27)(H,22,23,26). The monoisotopic (exact) mass is 438 g/mol. The van der Waals surface area contributed by atoms with E-state index in [0.717, 1.165) is 6.07 Å². The number of nitrogens with one attached hydrogen (secondary N) is 2. The molecule has 0 unspecified atom stereocenters. The first-order chi connectivity index (χ1) is 12.8. The molecule has 0 aliphatic carbocycles. The quantitative estimate of drug-likeness (QED) is 0.597. The zero-order valence-electron chi connectivity index (χ0n) is 13.3. The molecule has 7 nitrogen and oxygen atoms in total. The summed E-state index contributed by atoms with van der Waals surface area (Å²) in [4.78, 5) is 27.8. The van der Waals surface area contributed by atoms with Crippen molar-refractivity contribution >= 4 is 39.2 Å². The van der Waals surface area contributed by atoms with Crippen molar-refractivity contribution in [2.24, 2.45) is 0 Å². The number of carbonyl (C=O) groups excluding carboxylic acids is 1. The van der Waals surface area contributed by atoms with Crippen molar-refractivity contribution in [3.63, 3.8) is 0 Å². The van der Waals surface area contributed by atoms with E-state index in [-0.39, 0.29) is 17.2 Å². The number of amides is 1. The van der Waals surface area contributed by atoms with Crippen molar-refractivity contribution < 1.29 is 18.0 Å². The van der Waals surface area contributed by atoms with E-state index >= 15 is 0 Å². The number of alkyl halides is 3. The van der Waals surface area contributed by atoms with Gasteiger partial charge in [-0.1, -0.05) is 0 Å². The van der Waals surface area contributed by atoms with Gasteiger partial charge < -0.3 is 10.6 Å². The summed E-state index contributed by atoms with van der Waals surface area (Å²) >= 11 is 3.20. The maximum atomic E-state index is 12.6. The van der Waals surface area contributed by atoms with Crippen LogP contribution in [0.5, 0.6) is 0 Å². The number of aromatic nitrogens is 4. The molecule has 11 heteroatoms. The van der Waals surface area contributed by atoms with Gasteiger partial charge in [0.05, 0.1) is 17.4 Å². The van der Waals surface area contributed by atoms with Crippen LogP contribution in [-0.4, -0.2) is 25.8 Å². The molecule has 0 fully saturated rings. The Kier molecular flexibility index (Phi) is 5.31. The van der Waals surface area contributed by atoms with Gasteiger partial charge in [-0.05, 0) is 40.2 Å². The second-order valence-corrected chi connectivity index (χ2v) is 5.92. The maximum Gasteiger partial charge on any atom is 0.417 e. The van der Waals surface area contributed by atoms with E-state index in [1.165, 1.54) is 36.9 Å². The van der Waals surface area contributed by atoms with Crippen LogP contribution in [0.4, 0.5) is 30.5 Å². The van der Waals surface area contributed by atoms with Crippen LogP contribution in [0, 0.1) is 0 Å². The maximum absolute atomic E-state index is 12.6. The Morgan fingerprint density at radius 3 is 2.52 bits per heavy atom.